The average molecular weight is 205 g/mol. The summed E-state index contributed by atoms with van der Waals surface area (Å²) in [5, 5.41) is 0. The topological polar surface area (TPSA) is 101 Å². The zero-order chi connectivity index (χ0) is 9.14. The Morgan fingerprint density at radius 3 is 2.77 bits per heavy atom. The van der Waals surface area contributed by atoms with Crippen LogP contribution in [0.2, 0.25) is 0 Å². The van der Waals surface area contributed by atoms with Crippen LogP contribution >= 0.6 is 12.4 Å². The number of hydrogen-bond donors (Lipinski definition) is 3. The lowest BCUT2D eigenvalue weighted by atomic mass is 10.4. The first-order valence-electron chi connectivity index (χ1n) is 3.22. The number of rotatable bonds is 1. The molecule has 0 aromatic carbocycles. The Morgan fingerprint density at radius 1 is 1.69 bits per heavy atom. The van der Waals surface area contributed by atoms with E-state index in [1.54, 1.807) is 6.92 Å². The number of carbonyl (C=O) groups excluding carboxylic acids is 1. The maximum atomic E-state index is 10.9. The minimum atomic E-state index is -0.579. The second-order valence-electron chi connectivity index (χ2n) is 2.19. The molecular formula is C6H9ClN4O2. The second kappa shape index (κ2) is 4.58. The lowest BCUT2D eigenvalue weighted by Gasteiger charge is -1.97. The molecular weight excluding hydrogens is 196 g/mol. The molecule has 1 aromatic heterocycles. The van der Waals surface area contributed by atoms with E-state index in [-0.39, 0.29) is 23.7 Å². The molecule has 1 amide bonds. The normalized spacial score (nSPS) is 8.77. The van der Waals surface area contributed by atoms with Gasteiger partial charge in [0.15, 0.2) is 0 Å². The van der Waals surface area contributed by atoms with Gasteiger partial charge in [0.2, 0.25) is 0 Å². The number of nitrogen functional groups attached to an aromatic ring is 1. The van der Waals surface area contributed by atoms with Gasteiger partial charge >= 0.3 is 0 Å². The number of halogens is 1. The third kappa shape index (κ3) is 2.85. The number of amides is 1. The molecule has 0 radical (unpaired) electrons. The van der Waals surface area contributed by atoms with Gasteiger partial charge in [-0.2, -0.15) is 0 Å². The molecule has 0 aliphatic carbocycles. The number of aromatic amines is 1. The third-order valence-electron chi connectivity index (χ3n) is 1.22. The summed E-state index contributed by atoms with van der Waals surface area (Å²) in [6.07, 6.45) is 0. The van der Waals surface area contributed by atoms with E-state index in [2.05, 4.69) is 9.97 Å². The van der Waals surface area contributed by atoms with Crippen LogP contribution in [-0.2, 0) is 0 Å². The molecule has 72 valence electrons. The van der Waals surface area contributed by atoms with E-state index in [4.69, 9.17) is 5.84 Å². The molecule has 0 aliphatic rings. The van der Waals surface area contributed by atoms with Gasteiger partial charge in [0, 0.05) is 6.07 Å². The van der Waals surface area contributed by atoms with Crippen molar-refractivity contribution in [3.8, 4) is 0 Å². The van der Waals surface area contributed by atoms with Crippen molar-refractivity contribution < 1.29 is 4.79 Å². The molecule has 0 aliphatic heterocycles. The molecule has 1 aromatic rings. The van der Waals surface area contributed by atoms with Crippen LogP contribution in [-0.4, -0.2) is 15.9 Å². The van der Waals surface area contributed by atoms with Gasteiger partial charge in [-0.15, -0.1) is 12.4 Å². The van der Waals surface area contributed by atoms with Gasteiger partial charge in [-0.1, -0.05) is 0 Å². The smallest absolute Gasteiger partial charge is 0.284 e. The SMILES string of the molecule is Cc1nc(C(=O)NN)cc(=O)[nH]1.Cl. The summed E-state index contributed by atoms with van der Waals surface area (Å²) >= 11 is 0. The Bertz CT molecular complexity index is 362. The Morgan fingerprint density at radius 2 is 2.31 bits per heavy atom. The van der Waals surface area contributed by atoms with Gasteiger partial charge in [0.05, 0.1) is 0 Å². The fourth-order valence-electron chi connectivity index (χ4n) is 0.770. The molecule has 6 nitrogen and oxygen atoms in total. The van der Waals surface area contributed by atoms with E-state index in [0.717, 1.165) is 6.07 Å². The van der Waals surface area contributed by atoms with Crippen molar-refractivity contribution >= 4 is 18.3 Å². The predicted octanol–water partition coefficient (Wildman–Crippen LogP) is -0.896. The second-order valence-corrected chi connectivity index (χ2v) is 2.19. The molecule has 1 rings (SSSR count). The molecule has 0 fully saturated rings. The van der Waals surface area contributed by atoms with Gasteiger partial charge in [0.1, 0.15) is 11.5 Å². The Kier molecular flexibility index (Phi) is 4.09. The zero-order valence-electron chi connectivity index (χ0n) is 6.83. The van der Waals surface area contributed by atoms with Gasteiger partial charge in [-0.3, -0.25) is 15.0 Å². The first-order valence-corrected chi connectivity index (χ1v) is 3.22. The van der Waals surface area contributed by atoms with Crippen molar-refractivity contribution in [2.45, 2.75) is 6.92 Å². The van der Waals surface area contributed by atoms with Crippen LogP contribution in [0.15, 0.2) is 10.9 Å². The van der Waals surface area contributed by atoms with E-state index in [1.165, 1.54) is 0 Å². The van der Waals surface area contributed by atoms with Crippen LogP contribution in [0.1, 0.15) is 16.3 Å². The van der Waals surface area contributed by atoms with E-state index >= 15 is 0 Å². The number of hydrazine groups is 1. The Labute approximate surface area is 79.9 Å². The largest absolute Gasteiger partial charge is 0.311 e. The lowest BCUT2D eigenvalue weighted by molar-refractivity contribution is 0.0948. The molecule has 4 N–H and O–H groups in total. The number of H-pyrrole nitrogens is 1. The maximum absolute atomic E-state index is 10.9. The van der Waals surface area contributed by atoms with Crippen LogP contribution in [0.4, 0.5) is 0 Å². The number of carbonyl (C=O) groups is 1. The molecule has 0 spiro atoms. The van der Waals surface area contributed by atoms with E-state index in [1.807, 2.05) is 5.43 Å². The molecule has 0 bridgehead atoms. The van der Waals surface area contributed by atoms with Gasteiger partial charge in [-0.05, 0) is 6.92 Å². The van der Waals surface area contributed by atoms with Gasteiger partial charge < -0.3 is 4.98 Å². The molecule has 13 heavy (non-hydrogen) atoms. The minimum absolute atomic E-state index is 0. The number of hydrogen-bond acceptors (Lipinski definition) is 4. The third-order valence-corrected chi connectivity index (χ3v) is 1.22. The molecule has 1 heterocycles. The summed E-state index contributed by atoms with van der Waals surface area (Å²) in [4.78, 5) is 27.8. The number of nitrogens with one attached hydrogen (secondary N) is 2. The van der Waals surface area contributed by atoms with E-state index in [9.17, 15) is 9.59 Å². The fraction of sp³-hybridized carbons (Fsp3) is 0.167. The van der Waals surface area contributed by atoms with Crippen LogP contribution < -0.4 is 16.8 Å². The first kappa shape index (κ1) is 11.6. The van der Waals surface area contributed by atoms with Gasteiger partial charge in [-0.25, -0.2) is 10.8 Å². The summed E-state index contributed by atoms with van der Waals surface area (Å²) in [5.41, 5.74) is 1.52. The van der Waals surface area contributed by atoms with Crippen molar-refractivity contribution in [2.75, 3.05) is 0 Å². The number of aromatic nitrogens is 2. The highest BCUT2D eigenvalue weighted by Crippen LogP contribution is 1.88. The zero-order valence-corrected chi connectivity index (χ0v) is 7.64. The van der Waals surface area contributed by atoms with Crippen molar-refractivity contribution in [3.05, 3.63) is 27.9 Å². The lowest BCUT2D eigenvalue weighted by Crippen LogP contribution is -2.32. The average Bonchev–Trinajstić information content (AvgIpc) is 2.01. The number of nitrogens with two attached hydrogens (primary N) is 1. The van der Waals surface area contributed by atoms with Crippen molar-refractivity contribution in [1.82, 2.24) is 15.4 Å². The first-order chi connectivity index (χ1) is 5.63. The Hall–Kier alpha value is -1.40. The molecule has 7 heteroatoms. The highest BCUT2D eigenvalue weighted by Gasteiger charge is 2.05. The predicted molar refractivity (Wildman–Crippen MR) is 48.5 cm³/mol. The quantitative estimate of drug-likeness (QED) is 0.314. The summed E-state index contributed by atoms with van der Waals surface area (Å²) in [6.45, 7) is 1.58. The van der Waals surface area contributed by atoms with Crippen molar-refractivity contribution in [3.63, 3.8) is 0 Å². The van der Waals surface area contributed by atoms with Crippen molar-refractivity contribution in [2.24, 2.45) is 5.84 Å². The van der Waals surface area contributed by atoms with E-state index in [0.29, 0.717) is 5.82 Å². The van der Waals surface area contributed by atoms with Crippen molar-refractivity contribution in [1.29, 1.82) is 0 Å². The summed E-state index contributed by atoms with van der Waals surface area (Å²) in [6, 6.07) is 1.08. The summed E-state index contributed by atoms with van der Waals surface area (Å²) in [5.74, 6) is 4.65. The molecule has 0 saturated carbocycles. The van der Waals surface area contributed by atoms with Crippen LogP contribution in [0.5, 0.6) is 0 Å². The molecule has 0 saturated heterocycles. The monoisotopic (exact) mass is 204 g/mol. The van der Waals surface area contributed by atoms with Crippen LogP contribution in [0.3, 0.4) is 0 Å². The number of aryl methyl sites for hydroxylation is 1. The van der Waals surface area contributed by atoms with E-state index < -0.39 is 5.91 Å². The van der Waals surface area contributed by atoms with Gasteiger partial charge in [0.25, 0.3) is 11.5 Å². The number of nitrogens with zero attached hydrogens (tertiary/aromatic N) is 1. The highest BCUT2D eigenvalue weighted by atomic mass is 35.5. The Balaban J connectivity index is 0.00000144. The highest BCUT2D eigenvalue weighted by molar-refractivity contribution is 5.91. The summed E-state index contributed by atoms with van der Waals surface area (Å²) < 4.78 is 0. The van der Waals surface area contributed by atoms with Crippen LogP contribution in [0.25, 0.3) is 0 Å². The van der Waals surface area contributed by atoms with Crippen LogP contribution in [0, 0.1) is 6.92 Å². The summed E-state index contributed by atoms with van der Waals surface area (Å²) in [7, 11) is 0. The maximum Gasteiger partial charge on any atom is 0.284 e. The fourth-order valence-corrected chi connectivity index (χ4v) is 0.770. The minimum Gasteiger partial charge on any atom is -0.311 e. The standard InChI is InChI=1S/C6H8N4O2.ClH/c1-3-8-4(6(12)10-7)2-5(11)9-3;/h2H,7H2,1H3,(H,10,12)(H,8,9,11);1H. The molecule has 0 atom stereocenters. The molecule has 0 unspecified atom stereocenters.